The molecule has 0 N–H and O–H groups in total. The molecule has 1 saturated heterocycles. The molecule has 0 aliphatic carbocycles. The maximum Gasteiger partial charge on any atom is 0.174 e. The normalized spacial score (nSPS) is 35.2. The molecule has 5 heteroatoms. The summed E-state index contributed by atoms with van der Waals surface area (Å²) in [5.41, 5.74) is 0. The molecule has 0 amide bonds. The van der Waals surface area contributed by atoms with E-state index in [1.165, 1.54) is 0 Å². The minimum Gasteiger partial charge on any atom is -0.296 e. The Morgan fingerprint density at radius 2 is 2.36 bits per heavy atom. The maximum absolute atomic E-state index is 12.0. The van der Waals surface area contributed by atoms with Gasteiger partial charge in [-0.15, -0.1) is 11.8 Å². The molecule has 0 aromatic carbocycles. The third-order valence-electron chi connectivity index (χ3n) is 2.38. The molecule has 0 radical (unpaired) electrons. The smallest absolute Gasteiger partial charge is 0.174 e. The van der Waals surface area contributed by atoms with Gasteiger partial charge in [0.2, 0.25) is 0 Å². The second kappa shape index (κ2) is 5.12. The first kappa shape index (κ1) is 12.7. The average molecular weight is 299 g/mol. The van der Waals surface area contributed by atoms with Gasteiger partial charge in [-0.1, -0.05) is 22.9 Å². The lowest BCUT2D eigenvalue weighted by molar-refractivity contribution is -0.118. The van der Waals surface area contributed by atoms with E-state index >= 15 is 0 Å². The lowest BCUT2D eigenvalue weighted by atomic mass is 10.2. The molecule has 82 valence electrons. The summed E-state index contributed by atoms with van der Waals surface area (Å²) < 4.78 is 11.3. The molecule has 1 heterocycles. The summed E-state index contributed by atoms with van der Waals surface area (Å²) in [6, 6.07) is 0. The molecule has 0 aromatic rings. The van der Waals surface area contributed by atoms with E-state index < -0.39 is 14.9 Å². The summed E-state index contributed by atoms with van der Waals surface area (Å²) in [4.78, 5) is 11.8. The van der Waals surface area contributed by atoms with Gasteiger partial charge in [0.05, 0.1) is 4.83 Å². The number of rotatable bonds is 3. The number of hydrogen-bond donors (Lipinski definition) is 0. The number of thioether (sulfide) groups is 1. The zero-order valence-electron chi connectivity index (χ0n) is 8.42. The van der Waals surface area contributed by atoms with Crippen LogP contribution in [-0.4, -0.2) is 30.4 Å². The van der Waals surface area contributed by atoms with Crippen molar-refractivity contribution in [2.24, 2.45) is 0 Å². The van der Waals surface area contributed by atoms with Crippen molar-refractivity contribution in [1.29, 1.82) is 0 Å². The number of hydrogen-bond acceptors (Lipinski definition) is 3. The van der Waals surface area contributed by atoms with E-state index in [2.05, 4.69) is 15.9 Å². The van der Waals surface area contributed by atoms with E-state index in [1.807, 2.05) is 13.8 Å². The van der Waals surface area contributed by atoms with Crippen LogP contribution in [0.4, 0.5) is 0 Å². The molecule has 2 nitrogen and oxygen atoms in total. The molecule has 3 atom stereocenters. The van der Waals surface area contributed by atoms with Gasteiger partial charge in [-0.3, -0.25) is 9.00 Å². The first-order valence-electron chi connectivity index (χ1n) is 4.75. The second-order valence-electron chi connectivity index (χ2n) is 3.34. The van der Waals surface area contributed by atoms with Gasteiger partial charge in [0.25, 0.3) is 0 Å². The van der Waals surface area contributed by atoms with Crippen LogP contribution in [0.5, 0.6) is 0 Å². The number of alkyl halides is 1. The van der Waals surface area contributed by atoms with E-state index in [-0.39, 0.29) is 10.6 Å². The van der Waals surface area contributed by atoms with Crippen molar-refractivity contribution in [1.82, 2.24) is 0 Å². The molecule has 1 aliphatic heterocycles. The van der Waals surface area contributed by atoms with E-state index in [0.29, 0.717) is 12.2 Å². The molecule has 14 heavy (non-hydrogen) atoms. The second-order valence-corrected chi connectivity index (χ2v) is 8.16. The van der Waals surface area contributed by atoms with E-state index in [9.17, 15) is 9.00 Å². The number of carbonyl (C=O) groups is 1. The summed E-state index contributed by atoms with van der Waals surface area (Å²) in [7, 11) is -1.00. The highest BCUT2D eigenvalue weighted by Crippen LogP contribution is 2.39. The van der Waals surface area contributed by atoms with Crippen LogP contribution in [0.2, 0.25) is 0 Å². The third kappa shape index (κ3) is 2.25. The summed E-state index contributed by atoms with van der Waals surface area (Å²) >= 11 is 4.86. The highest BCUT2D eigenvalue weighted by atomic mass is 79.9. The lowest BCUT2D eigenvalue weighted by Gasteiger charge is -2.34. The van der Waals surface area contributed by atoms with Crippen molar-refractivity contribution in [3.63, 3.8) is 0 Å². The lowest BCUT2D eigenvalue weighted by Crippen LogP contribution is -2.46. The SMILES string of the molecule is CC[C@]1(C(=O)[C@H](C)Br)SCCCS1=O. The van der Waals surface area contributed by atoms with Crippen LogP contribution < -0.4 is 0 Å². The molecular weight excluding hydrogens is 284 g/mol. The Kier molecular flexibility index (Phi) is 4.65. The van der Waals surface area contributed by atoms with Crippen LogP contribution in [0, 0.1) is 0 Å². The predicted octanol–water partition coefficient (Wildman–Crippen LogP) is 2.33. The van der Waals surface area contributed by atoms with Crippen LogP contribution in [0.15, 0.2) is 0 Å². The Bertz CT molecular complexity index is 255. The molecule has 0 saturated carbocycles. The largest absolute Gasteiger partial charge is 0.296 e. The summed E-state index contributed by atoms with van der Waals surface area (Å²) in [5, 5.41) is 0. The van der Waals surface area contributed by atoms with Gasteiger partial charge < -0.3 is 0 Å². The van der Waals surface area contributed by atoms with Gasteiger partial charge in [0.15, 0.2) is 5.78 Å². The molecule has 1 rings (SSSR count). The molecule has 1 aliphatic rings. The standard InChI is InChI=1S/C9H15BrO2S2/c1-3-9(8(11)7(2)10)13-5-4-6-14(9)12/h7H,3-6H2,1-2H3/t7-,9-,14?/m0/s1. The Morgan fingerprint density at radius 1 is 1.71 bits per heavy atom. The topological polar surface area (TPSA) is 34.1 Å². The van der Waals surface area contributed by atoms with Gasteiger partial charge >= 0.3 is 0 Å². The fraction of sp³-hybridized carbons (Fsp3) is 0.889. The minimum absolute atomic E-state index is 0.0861. The number of halogens is 1. The number of carbonyl (C=O) groups excluding carboxylic acids is 1. The number of ketones is 1. The number of Topliss-reactive ketones (excluding diaryl/α,β-unsaturated/α-hetero) is 1. The van der Waals surface area contributed by atoms with E-state index in [4.69, 9.17) is 0 Å². The fourth-order valence-electron chi connectivity index (χ4n) is 1.58. The van der Waals surface area contributed by atoms with Gasteiger partial charge in [0, 0.05) is 16.6 Å². The van der Waals surface area contributed by atoms with Crippen LogP contribution in [0.25, 0.3) is 0 Å². The Balaban J connectivity index is 2.94. The molecule has 1 fully saturated rings. The predicted molar refractivity (Wildman–Crippen MR) is 66.5 cm³/mol. The molecule has 1 unspecified atom stereocenters. The Labute approximate surface area is 100 Å². The zero-order valence-corrected chi connectivity index (χ0v) is 11.6. The van der Waals surface area contributed by atoms with Crippen molar-refractivity contribution in [3.05, 3.63) is 0 Å². The molecule has 0 spiro atoms. The van der Waals surface area contributed by atoms with E-state index in [1.54, 1.807) is 11.8 Å². The van der Waals surface area contributed by atoms with Crippen molar-refractivity contribution in [2.75, 3.05) is 11.5 Å². The molecule has 0 aromatic heterocycles. The highest BCUT2D eigenvalue weighted by molar-refractivity contribution is 9.10. The molecular formula is C9H15BrO2S2. The van der Waals surface area contributed by atoms with Gasteiger partial charge in [0.1, 0.15) is 4.08 Å². The average Bonchev–Trinajstić information content (AvgIpc) is 2.18. The van der Waals surface area contributed by atoms with Crippen molar-refractivity contribution < 1.29 is 9.00 Å². The van der Waals surface area contributed by atoms with Gasteiger partial charge in [-0.25, -0.2) is 0 Å². The van der Waals surface area contributed by atoms with Crippen LogP contribution in [0.3, 0.4) is 0 Å². The molecule has 0 bridgehead atoms. The summed E-state index contributed by atoms with van der Waals surface area (Å²) in [5.74, 6) is 1.71. The van der Waals surface area contributed by atoms with Crippen molar-refractivity contribution in [3.8, 4) is 0 Å². The summed E-state index contributed by atoms with van der Waals surface area (Å²) in [6.45, 7) is 3.76. The van der Waals surface area contributed by atoms with Gasteiger partial charge in [-0.2, -0.15) is 0 Å². The quantitative estimate of drug-likeness (QED) is 0.750. The zero-order chi connectivity index (χ0) is 10.8. The Hall–Kier alpha value is 0.650. The van der Waals surface area contributed by atoms with Crippen molar-refractivity contribution >= 4 is 44.3 Å². The first-order chi connectivity index (χ1) is 6.54. The fourth-order valence-corrected chi connectivity index (χ4v) is 6.08. The Morgan fingerprint density at radius 3 is 2.79 bits per heavy atom. The summed E-state index contributed by atoms with van der Waals surface area (Å²) in [6.07, 6.45) is 1.63. The third-order valence-corrected chi connectivity index (χ3v) is 7.04. The van der Waals surface area contributed by atoms with Crippen LogP contribution in [-0.2, 0) is 15.6 Å². The van der Waals surface area contributed by atoms with E-state index in [0.717, 1.165) is 12.2 Å². The minimum atomic E-state index is -1.00. The first-order valence-corrected chi connectivity index (χ1v) is 7.97. The van der Waals surface area contributed by atoms with Crippen LogP contribution in [0.1, 0.15) is 26.7 Å². The maximum atomic E-state index is 12.0. The van der Waals surface area contributed by atoms with Crippen LogP contribution >= 0.6 is 27.7 Å². The van der Waals surface area contributed by atoms with Gasteiger partial charge in [-0.05, 0) is 25.5 Å². The monoisotopic (exact) mass is 298 g/mol. The van der Waals surface area contributed by atoms with Crippen molar-refractivity contribution in [2.45, 2.75) is 35.6 Å². The highest BCUT2D eigenvalue weighted by Gasteiger charge is 2.46.